The van der Waals surface area contributed by atoms with Crippen LogP contribution in [0.3, 0.4) is 0 Å². The van der Waals surface area contributed by atoms with Crippen LogP contribution in [0.25, 0.3) is 0 Å². The lowest BCUT2D eigenvalue weighted by Crippen LogP contribution is -2.67. The second-order valence-electron chi connectivity index (χ2n) is 7.79. The van der Waals surface area contributed by atoms with E-state index >= 15 is 0 Å². The molecule has 1 aromatic carbocycles. The van der Waals surface area contributed by atoms with E-state index in [4.69, 9.17) is 4.74 Å². The Morgan fingerprint density at radius 1 is 1.39 bits per heavy atom. The van der Waals surface area contributed by atoms with Gasteiger partial charge in [-0.05, 0) is 31.9 Å². The molecular formula is C19H27FN2O4S2. The van der Waals surface area contributed by atoms with Crippen molar-refractivity contribution in [1.82, 2.24) is 9.62 Å². The van der Waals surface area contributed by atoms with Crippen LogP contribution in [-0.4, -0.2) is 62.0 Å². The van der Waals surface area contributed by atoms with E-state index in [0.717, 1.165) is 24.3 Å². The average Bonchev–Trinajstić information content (AvgIpc) is 2.55. The van der Waals surface area contributed by atoms with Crippen LogP contribution in [0.15, 0.2) is 29.2 Å². The number of carbonyl (C=O) groups excluding carboxylic acids is 1. The Hall–Kier alpha value is -1.16. The molecule has 2 fully saturated rings. The van der Waals surface area contributed by atoms with E-state index in [1.54, 1.807) is 17.8 Å². The van der Waals surface area contributed by atoms with E-state index in [1.165, 1.54) is 29.4 Å². The molecule has 1 saturated carbocycles. The van der Waals surface area contributed by atoms with Gasteiger partial charge in [0.05, 0.1) is 0 Å². The number of sulfonamides is 1. The molecule has 0 bridgehead atoms. The Labute approximate surface area is 170 Å². The van der Waals surface area contributed by atoms with Gasteiger partial charge in [0.1, 0.15) is 17.3 Å². The van der Waals surface area contributed by atoms with E-state index < -0.39 is 15.8 Å². The van der Waals surface area contributed by atoms with E-state index in [1.807, 2.05) is 0 Å². The third-order valence-corrected chi connectivity index (χ3v) is 8.27. The highest BCUT2D eigenvalue weighted by Gasteiger charge is 2.55. The van der Waals surface area contributed by atoms with Gasteiger partial charge in [0.25, 0.3) is 0 Å². The number of halogens is 1. The molecular weight excluding hydrogens is 403 g/mol. The largest absolute Gasteiger partial charge is 0.465 e. The first-order valence-corrected chi connectivity index (χ1v) is 12.0. The van der Waals surface area contributed by atoms with Gasteiger partial charge >= 0.3 is 5.97 Å². The van der Waals surface area contributed by atoms with Crippen molar-refractivity contribution in [2.24, 2.45) is 5.41 Å². The van der Waals surface area contributed by atoms with Gasteiger partial charge in [-0.3, -0.25) is 4.79 Å². The molecule has 1 heterocycles. The molecule has 0 aromatic heterocycles. The van der Waals surface area contributed by atoms with Crippen molar-refractivity contribution >= 4 is 27.8 Å². The van der Waals surface area contributed by atoms with E-state index in [-0.39, 0.29) is 16.3 Å². The van der Waals surface area contributed by atoms with E-state index in [9.17, 15) is 17.6 Å². The molecule has 9 heteroatoms. The average molecular weight is 431 g/mol. The summed E-state index contributed by atoms with van der Waals surface area (Å²) in [5.74, 6) is 0.761. The monoisotopic (exact) mass is 430 g/mol. The molecule has 1 N–H and O–H groups in total. The minimum atomic E-state index is -3.75. The van der Waals surface area contributed by atoms with Gasteiger partial charge in [-0.2, -0.15) is 16.1 Å². The molecule has 1 saturated heterocycles. The molecule has 1 atom stereocenters. The maximum Gasteiger partial charge on any atom is 0.302 e. The quantitative estimate of drug-likeness (QED) is 0.478. The number of nitrogens with one attached hydrogen (secondary N) is 1. The molecule has 0 amide bonds. The predicted molar refractivity (Wildman–Crippen MR) is 107 cm³/mol. The van der Waals surface area contributed by atoms with Gasteiger partial charge < -0.3 is 10.1 Å². The lowest BCUT2D eigenvalue weighted by Gasteiger charge is -2.58. The molecule has 3 rings (SSSR count). The second-order valence-corrected chi connectivity index (χ2v) is 10.8. The maximum atomic E-state index is 13.8. The molecule has 1 unspecified atom stereocenters. The van der Waals surface area contributed by atoms with Gasteiger partial charge in [0.15, 0.2) is 0 Å². The first kappa shape index (κ1) is 21.5. The molecule has 28 heavy (non-hydrogen) atoms. The number of benzene rings is 1. The number of rotatable bonds is 9. The van der Waals surface area contributed by atoms with Crippen molar-refractivity contribution in [1.29, 1.82) is 0 Å². The first-order chi connectivity index (χ1) is 13.2. The van der Waals surface area contributed by atoms with Crippen molar-refractivity contribution in [2.75, 3.05) is 31.2 Å². The Bertz CT molecular complexity index is 804. The maximum absolute atomic E-state index is 13.8. The van der Waals surface area contributed by atoms with Crippen molar-refractivity contribution in [3.8, 4) is 0 Å². The van der Waals surface area contributed by atoms with Gasteiger partial charge in [-0.15, -0.1) is 0 Å². The summed E-state index contributed by atoms with van der Waals surface area (Å²) in [6.07, 6.45) is 1.89. The highest BCUT2D eigenvalue weighted by Crippen LogP contribution is 2.50. The SMILES string of the molecule is CC(=O)OCCSCC(C)NC1CC2(C1)CN(S(=O)(=O)c1ccccc1F)C2. The topological polar surface area (TPSA) is 75.7 Å². The molecule has 0 radical (unpaired) electrons. The highest BCUT2D eigenvalue weighted by molar-refractivity contribution is 7.99. The number of nitrogens with zero attached hydrogens (tertiary/aromatic N) is 1. The summed E-state index contributed by atoms with van der Waals surface area (Å²) in [5, 5.41) is 3.58. The highest BCUT2D eigenvalue weighted by atomic mass is 32.2. The molecule has 2 aliphatic rings. The Morgan fingerprint density at radius 3 is 2.71 bits per heavy atom. The number of hydrogen-bond donors (Lipinski definition) is 1. The second kappa shape index (κ2) is 8.69. The van der Waals surface area contributed by atoms with Crippen LogP contribution in [0.1, 0.15) is 26.7 Å². The van der Waals surface area contributed by atoms with E-state index in [0.29, 0.717) is 31.8 Å². The summed E-state index contributed by atoms with van der Waals surface area (Å²) < 4.78 is 45.3. The molecule has 156 valence electrons. The summed E-state index contributed by atoms with van der Waals surface area (Å²) in [6, 6.07) is 6.26. The summed E-state index contributed by atoms with van der Waals surface area (Å²) in [5.41, 5.74) is 0.0399. The van der Waals surface area contributed by atoms with Crippen LogP contribution in [0.5, 0.6) is 0 Å². The summed E-state index contributed by atoms with van der Waals surface area (Å²) in [7, 11) is -3.75. The normalized spacial score (nSPS) is 20.4. The van der Waals surface area contributed by atoms with Gasteiger partial charge in [-0.1, -0.05) is 12.1 Å². The molecule has 1 spiro atoms. The summed E-state index contributed by atoms with van der Waals surface area (Å²) in [4.78, 5) is 10.5. The van der Waals surface area contributed by atoms with Crippen LogP contribution in [0.2, 0.25) is 0 Å². The zero-order valence-corrected chi connectivity index (χ0v) is 17.8. The van der Waals surface area contributed by atoms with Crippen LogP contribution < -0.4 is 5.32 Å². The summed E-state index contributed by atoms with van der Waals surface area (Å²) >= 11 is 1.74. The Kier molecular flexibility index (Phi) is 6.69. The van der Waals surface area contributed by atoms with Crippen LogP contribution in [0.4, 0.5) is 4.39 Å². The van der Waals surface area contributed by atoms with Gasteiger partial charge in [0, 0.05) is 49.0 Å². The molecule has 6 nitrogen and oxygen atoms in total. The lowest BCUT2D eigenvalue weighted by atomic mass is 9.61. The first-order valence-electron chi connectivity index (χ1n) is 9.44. The number of carbonyl (C=O) groups is 1. The third-order valence-electron chi connectivity index (χ3n) is 5.26. The predicted octanol–water partition coefficient (Wildman–Crippen LogP) is 2.25. The smallest absolute Gasteiger partial charge is 0.302 e. The Balaban J connectivity index is 1.37. The molecule has 1 aliphatic carbocycles. The third kappa shape index (κ3) is 4.87. The minimum Gasteiger partial charge on any atom is -0.465 e. The van der Waals surface area contributed by atoms with E-state index in [2.05, 4.69) is 12.2 Å². The zero-order chi connectivity index (χ0) is 20.4. The fraction of sp³-hybridized carbons (Fsp3) is 0.632. The minimum absolute atomic E-state index is 0.0399. The number of ether oxygens (including phenoxy) is 1. The van der Waals surface area contributed by atoms with Crippen molar-refractivity contribution in [3.05, 3.63) is 30.1 Å². The Morgan fingerprint density at radius 2 is 2.07 bits per heavy atom. The van der Waals surface area contributed by atoms with Crippen molar-refractivity contribution < 1.29 is 22.3 Å². The van der Waals surface area contributed by atoms with Crippen LogP contribution in [-0.2, 0) is 19.6 Å². The number of esters is 1. The van der Waals surface area contributed by atoms with Gasteiger partial charge in [-0.25, -0.2) is 12.8 Å². The fourth-order valence-corrected chi connectivity index (χ4v) is 6.53. The van der Waals surface area contributed by atoms with Crippen LogP contribution >= 0.6 is 11.8 Å². The van der Waals surface area contributed by atoms with Crippen molar-refractivity contribution in [2.45, 2.75) is 43.7 Å². The number of thioether (sulfide) groups is 1. The lowest BCUT2D eigenvalue weighted by molar-refractivity contribution is -0.140. The molecule has 1 aliphatic heterocycles. The molecule has 1 aromatic rings. The standard InChI is InChI=1S/C19H27FN2O4S2/c1-14(11-27-8-7-26-15(2)23)21-16-9-19(10-16)12-22(13-19)28(24,25)18-6-4-3-5-17(18)20/h3-6,14,16,21H,7-13H2,1-2H3. The van der Waals surface area contributed by atoms with Crippen LogP contribution in [0, 0.1) is 11.2 Å². The fourth-order valence-electron chi connectivity index (χ4n) is 3.98. The van der Waals surface area contributed by atoms with Crippen molar-refractivity contribution in [3.63, 3.8) is 0 Å². The zero-order valence-electron chi connectivity index (χ0n) is 16.2. The summed E-state index contributed by atoms with van der Waals surface area (Å²) in [6.45, 7) is 4.90. The van der Waals surface area contributed by atoms with Gasteiger partial charge in [0.2, 0.25) is 10.0 Å². The number of hydrogen-bond acceptors (Lipinski definition) is 6.